The summed E-state index contributed by atoms with van der Waals surface area (Å²) in [6.07, 6.45) is 2.77. The summed E-state index contributed by atoms with van der Waals surface area (Å²) in [7, 11) is 0. The molecule has 1 heterocycles. The second kappa shape index (κ2) is 4.79. The largest absolute Gasteiger partial charge is 0.447 e. The quantitative estimate of drug-likeness (QED) is 0.642. The lowest BCUT2D eigenvalue weighted by molar-refractivity contribution is -0.131. The van der Waals surface area contributed by atoms with Gasteiger partial charge in [0.15, 0.2) is 0 Å². The van der Waals surface area contributed by atoms with E-state index in [0.29, 0.717) is 13.2 Å². The van der Waals surface area contributed by atoms with Crippen LogP contribution in [0.3, 0.4) is 0 Å². The zero-order valence-electron chi connectivity index (χ0n) is 8.36. The van der Waals surface area contributed by atoms with Crippen LogP contribution in [-0.4, -0.2) is 30.1 Å². The monoisotopic (exact) mass is 197 g/mol. The molecule has 1 aliphatic rings. The van der Waals surface area contributed by atoms with Crippen molar-refractivity contribution in [3.63, 3.8) is 0 Å². The van der Waals surface area contributed by atoms with Gasteiger partial charge in [0, 0.05) is 5.92 Å². The predicted molar refractivity (Wildman–Crippen MR) is 51.7 cm³/mol. The number of imide groups is 1. The first-order valence-corrected chi connectivity index (χ1v) is 4.76. The Labute approximate surface area is 83.5 Å². The first kappa shape index (κ1) is 10.8. The smallest absolute Gasteiger partial charge is 0.416 e. The molecule has 0 aliphatic carbocycles. The number of rotatable bonds is 4. The number of ether oxygens (including phenoxy) is 1. The molecule has 1 atom stereocenters. The van der Waals surface area contributed by atoms with E-state index in [4.69, 9.17) is 0 Å². The van der Waals surface area contributed by atoms with E-state index in [1.807, 2.05) is 6.92 Å². The molecule has 2 amide bonds. The summed E-state index contributed by atoms with van der Waals surface area (Å²) in [4.78, 5) is 23.9. The molecule has 4 heteroatoms. The Morgan fingerprint density at radius 3 is 3.00 bits per heavy atom. The van der Waals surface area contributed by atoms with Gasteiger partial charge in [-0.05, 0) is 12.8 Å². The van der Waals surface area contributed by atoms with Gasteiger partial charge in [-0.1, -0.05) is 13.0 Å². The van der Waals surface area contributed by atoms with Crippen LogP contribution in [0.1, 0.15) is 19.8 Å². The molecular weight excluding hydrogens is 182 g/mol. The molecule has 0 aromatic heterocycles. The minimum Gasteiger partial charge on any atom is -0.447 e. The maximum Gasteiger partial charge on any atom is 0.416 e. The lowest BCUT2D eigenvalue weighted by Gasteiger charge is -2.15. The van der Waals surface area contributed by atoms with E-state index >= 15 is 0 Å². The summed E-state index contributed by atoms with van der Waals surface area (Å²) in [6, 6.07) is 0. The Balaban J connectivity index is 2.46. The van der Waals surface area contributed by atoms with Gasteiger partial charge in [-0.25, -0.2) is 9.69 Å². The molecule has 1 saturated heterocycles. The zero-order valence-corrected chi connectivity index (χ0v) is 8.36. The van der Waals surface area contributed by atoms with Crippen molar-refractivity contribution in [1.29, 1.82) is 0 Å². The van der Waals surface area contributed by atoms with Gasteiger partial charge in [0.2, 0.25) is 5.91 Å². The Hall–Kier alpha value is -1.32. The Morgan fingerprint density at radius 1 is 1.79 bits per heavy atom. The summed E-state index contributed by atoms with van der Waals surface area (Å²) >= 11 is 0. The number of amides is 2. The van der Waals surface area contributed by atoms with Gasteiger partial charge in [-0.3, -0.25) is 4.79 Å². The van der Waals surface area contributed by atoms with Gasteiger partial charge >= 0.3 is 6.09 Å². The molecule has 1 unspecified atom stereocenters. The lowest BCUT2D eigenvalue weighted by Crippen LogP contribution is -2.35. The average molecular weight is 197 g/mol. The van der Waals surface area contributed by atoms with E-state index in [2.05, 4.69) is 11.3 Å². The van der Waals surface area contributed by atoms with Crippen molar-refractivity contribution in [2.75, 3.05) is 13.2 Å². The van der Waals surface area contributed by atoms with Crippen molar-refractivity contribution in [2.24, 2.45) is 5.92 Å². The van der Waals surface area contributed by atoms with Crippen molar-refractivity contribution < 1.29 is 14.3 Å². The van der Waals surface area contributed by atoms with Crippen molar-refractivity contribution >= 4 is 12.0 Å². The molecule has 0 aromatic rings. The first-order chi connectivity index (χ1) is 6.66. The fourth-order valence-electron chi connectivity index (χ4n) is 1.35. The third-order valence-electron chi connectivity index (χ3n) is 2.25. The summed E-state index contributed by atoms with van der Waals surface area (Å²) in [6.45, 7) is 6.11. The van der Waals surface area contributed by atoms with Crippen LogP contribution in [0.5, 0.6) is 0 Å². The topological polar surface area (TPSA) is 46.6 Å². The van der Waals surface area contributed by atoms with Gasteiger partial charge in [0.05, 0.1) is 6.54 Å². The Bertz CT molecular complexity index is 250. The molecule has 14 heavy (non-hydrogen) atoms. The summed E-state index contributed by atoms with van der Waals surface area (Å²) < 4.78 is 4.69. The first-order valence-electron chi connectivity index (χ1n) is 4.76. The van der Waals surface area contributed by atoms with E-state index in [9.17, 15) is 9.59 Å². The highest BCUT2D eigenvalue weighted by Gasteiger charge is 2.30. The maximum atomic E-state index is 11.7. The number of carbonyl (C=O) groups excluding carboxylic acids is 2. The number of carbonyl (C=O) groups is 2. The van der Waals surface area contributed by atoms with Crippen LogP contribution in [0.15, 0.2) is 12.7 Å². The highest BCUT2D eigenvalue weighted by atomic mass is 16.6. The number of nitrogens with zero attached hydrogens (tertiary/aromatic N) is 1. The molecule has 78 valence electrons. The summed E-state index contributed by atoms with van der Waals surface area (Å²) in [5, 5.41) is 0. The molecule has 0 bridgehead atoms. The molecule has 0 aromatic carbocycles. The van der Waals surface area contributed by atoms with Crippen molar-refractivity contribution in [3.8, 4) is 0 Å². The van der Waals surface area contributed by atoms with E-state index in [-0.39, 0.29) is 11.8 Å². The highest BCUT2D eigenvalue weighted by Crippen LogP contribution is 2.13. The van der Waals surface area contributed by atoms with E-state index in [1.54, 1.807) is 6.08 Å². The fraction of sp³-hybridized carbons (Fsp3) is 0.600. The lowest BCUT2D eigenvalue weighted by atomic mass is 10.0. The van der Waals surface area contributed by atoms with Gasteiger partial charge in [0.1, 0.15) is 6.61 Å². The number of hydrogen-bond donors (Lipinski definition) is 0. The van der Waals surface area contributed by atoms with E-state index in [1.165, 1.54) is 4.90 Å². The Morgan fingerprint density at radius 2 is 2.50 bits per heavy atom. The van der Waals surface area contributed by atoms with E-state index < -0.39 is 6.09 Å². The van der Waals surface area contributed by atoms with Crippen LogP contribution < -0.4 is 0 Å². The third kappa shape index (κ3) is 2.34. The molecule has 1 fully saturated rings. The molecule has 0 spiro atoms. The minimum absolute atomic E-state index is 0.140. The van der Waals surface area contributed by atoms with Crippen LogP contribution in [-0.2, 0) is 9.53 Å². The number of cyclic esters (lactones) is 1. The Kier molecular flexibility index (Phi) is 3.68. The fourth-order valence-corrected chi connectivity index (χ4v) is 1.35. The molecule has 0 saturated carbocycles. The molecule has 4 nitrogen and oxygen atoms in total. The number of allylic oxidation sites excluding steroid dienone is 1. The van der Waals surface area contributed by atoms with Gasteiger partial charge < -0.3 is 4.74 Å². The van der Waals surface area contributed by atoms with Crippen molar-refractivity contribution in [1.82, 2.24) is 4.90 Å². The second-order valence-electron chi connectivity index (χ2n) is 3.37. The molecule has 0 radical (unpaired) electrons. The normalized spacial score (nSPS) is 17.8. The van der Waals surface area contributed by atoms with E-state index in [0.717, 1.165) is 12.8 Å². The van der Waals surface area contributed by atoms with Crippen molar-refractivity contribution in [3.05, 3.63) is 12.7 Å². The minimum atomic E-state index is -0.513. The van der Waals surface area contributed by atoms with Gasteiger partial charge in [-0.2, -0.15) is 0 Å². The third-order valence-corrected chi connectivity index (χ3v) is 2.25. The zero-order chi connectivity index (χ0) is 10.6. The average Bonchev–Trinajstić information content (AvgIpc) is 2.59. The number of hydrogen-bond acceptors (Lipinski definition) is 3. The van der Waals surface area contributed by atoms with Crippen LogP contribution in [0.4, 0.5) is 4.79 Å². The van der Waals surface area contributed by atoms with Gasteiger partial charge in [0.25, 0.3) is 0 Å². The highest BCUT2D eigenvalue weighted by molar-refractivity contribution is 5.94. The molecule has 0 N–H and O–H groups in total. The summed E-state index contributed by atoms with van der Waals surface area (Å²) in [5.74, 6) is -0.284. The SMILES string of the molecule is C=CCCC(C)C(=O)N1CCOC1=O. The predicted octanol–water partition coefficient (Wildman–Crippen LogP) is 1.57. The van der Waals surface area contributed by atoms with Crippen LogP contribution >= 0.6 is 0 Å². The van der Waals surface area contributed by atoms with Crippen LogP contribution in [0.2, 0.25) is 0 Å². The van der Waals surface area contributed by atoms with Crippen LogP contribution in [0, 0.1) is 5.92 Å². The molecular formula is C10H15NO3. The van der Waals surface area contributed by atoms with Gasteiger partial charge in [-0.15, -0.1) is 6.58 Å². The van der Waals surface area contributed by atoms with Crippen molar-refractivity contribution in [2.45, 2.75) is 19.8 Å². The maximum absolute atomic E-state index is 11.7. The molecule has 1 rings (SSSR count). The standard InChI is InChI=1S/C10H15NO3/c1-3-4-5-8(2)9(12)11-6-7-14-10(11)13/h3,8H,1,4-7H2,2H3. The summed E-state index contributed by atoms with van der Waals surface area (Å²) in [5.41, 5.74) is 0. The second-order valence-corrected chi connectivity index (χ2v) is 3.37. The molecule has 1 aliphatic heterocycles. The van der Waals surface area contributed by atoms with Crippen LogP contribution in [0.25, 0.3) is 0 Å².